The van der Waals surface area contributed by atoms with Crippen molar-refractivity contribution in [2.24, 2.45) is 0 Å². The van der Waals surface area contributed by atoms with Crippen molar-refractivity contribution >= 4 is 28.8 Å². The SMILES string of the molecule is Nc1ncc(-c2nc(N3CCOCC3)nc3c2cnn3CC(=O)N2CCCC2)cn1. The third kappa shape index (κ3) is 3.52. The zero-order valence-corrected chi connectivity index (χ0v) is 16.6. The number of likely N-dealkylation sites (tertiary alicyclic amines) is 1. The quantitative estimate of drug-likeness (QED) is 0.648. The number of hydrogen-bond acceptors (Lipinski definition) is 9. The molecular weight excluding hydrogens is 386 g/mol. The summed E-state index contributed by atoms with van der Waals surface area (Å²) < 4.78 is 7.11. The normalized spacial score (nSPS) is 17.1. The average Bonchev–Trinajstić information content (AvgIpc) is 3.45. The minimum atomic E-state index is 0.0569. The van der Waals surface area contributed by atoms with Crippen LogP contribution in [0.25, 0.3) is 22.3 Å². The van der Waals surface area contributed by atoms with Crippen molar-refractivity contribution in [1.29, 1.82) is 0 Å². The molecule has 0 atom stereocenters. The smallest absolute Gasteiger partial charge is 0.244 e. The van der Waals surface area contributed by atoms with Gasteiger partial charge in [0.25, 0.3) is 0 Å². The minimum absolute atomic E-state index is 0.0569. The maximum Gasteiger partial charge on any atom is 0.244 e. The molecule has 5 heterocycles. The fourth-order valence-electron chi connectivity index (χ4n) is 3.84. The van der Waals surface area contributed by atoms with Crippen molar-refractivity contribution in [3.63, 3.8) is 0 Å². The van der Waals surface area contributed by atoms with Crippen molar-refractivity contribution in [3.05, 3.63) is 18.6 Å². The van der Waals surface area contributed by atoms with Gasteiger partial charge < -0.3 is 20.3 Å². The fraction of sp³-hybridized carbons (Fsp3) is 0.474. The van der Waals surface area contributed by atoms with Gasteiger partial charge in [-0.3, -0.25) is 4.79 Å². The monoisotopic (exact) mass is 409 g/mol. The number of nitrogen functional groups attached to an aromatic ring is 1. The van der Waals surface area contributed by atoms with E-state index in [2.05, 4.69) is 20.0 Å². The van der Waals surface area contributed by atoms with E-state index < -0.39 is 0 Å². The molecule has 2 aliphatic rings. The number of fused-ring (bicyclic) bond motifs is 1. The van der Waals surface area contributed by atoms with Crippen LogP contribution in [0.2, 0.25) is 0 Å². The number of nitrogens with two attached hydrogens (primary N) is 1. The minimum Gasteiger partial charge on any atom is -0.378 e. The topological polar surface area (TPSA) is 128 Å². The number of morpholine rings is 1. The van der Waals surface area contributed by atoms with Gasteiger partial charge in [0, 0.05) is 44.1 Å². The van der Waals surface area contributed by atoms with Crippen LogP contribution >= 0.6 is 0 Å². The van der Waals surface area contributed by atoms with Crippen molar-refractivity contribution in [2.45, 2.75) is 19.4 Å². The second kappa shape index (κ2) is 7.82. The van der Waals surface area contributed by atoms with E-state index in [1.807, 2.05) is 4.90 Å². The number of rotatable bonds is 4. The predicted molar refractivity (Wildman–Crippen MR) is 110 cm³/mol. The molecule has 0 radical (unpaired) electrons. The van der Waals surface area contributed by atoms with Crippen LogP contribution in [0, 0.1) is 0 Å². The summed E-state index contributed by atoms with van der Waals surface area (Å²) in [6.45, 7) is 4.40. The van der Waals surface area contributed by atoms with E-state index in [4.69, 9.17) is 20.4 Å². The lowest BCUT2D eigenvalue weighted by atomic mass is 10.2. The van der Waals surface area contributed by atoms with E-state index in [0.29, 0.717) is 43.6 Å². The second-order valence-corrected chi connectivity index (χ2v) is 7.43. The fourth-order valence-corrected chi connectivity index (χ4v) is 3.84. The average molecular weight is 409 g/mol. The number of hydrogen-bond donors (Lipinski definition) is 1. The van der Waals surface area contributed by atoms with E-state index in [-0.39, 0.29) is 18.4 Å². The van der Waals surface area contributed by atoms with Crippen LogP contribution in [0.1, 0.15) is 12.8 Å². The highest BCUT2D eigenvalue weighted by Gasteiger charge is 2.23. The van der Waals surface area contributed by atoms with Gasteiger partial charge in [0.15, 0.2) is 5.65 Å². The Kier molecular flexibility index (Phi) is 4.87. The maximum atomic E-state index is 12.7. The molecule has 156 valence electrons. The first-order chi connectivity index (χ1) is 14.7. The highest BCUT2D eigenvalue weighted by molar-refractivity contribution is 5.91. The van der Waals surface area contributed by atoms with Gasteiger partial charge in [-0.05, 0) is 12.8 Å². The summed E-state index contributed by atoms with van der Waals surface area (Å²) in [5.41, 5.74) is 7.65. The molecule has 0 aromatic carbocycles. The summed E-state index contributed by atoms with van der Waals surface area (Å²) in [6, 6.07) is 0. The van der Waals surface area contributed by atoms with Crippen LogP contribution in [0.5, 0.6) is 0 Å². The van der Waals surface area contributed by atoms with Gasteiger partial charge in [0.05, 0.1) is 30.5 Å². The van der Waals surface area contributed by atoms with Crippen LogP contribution in [0.15, 0.2) is 18.6 Å². The van der Waals surface area contributed by atoms with Crippen molar-refractivity contribution in [3.8, 4) is 11.3 Å². The highest BCUT2D eigenvalue weighted by atomic mass is 16.5. The molecule has 0 aliphatic carbocycles. The maximum absolute atomic E-state index is 12.7. The number of carbonyl (C=O) groups excluding carboxylic acids is 1. The van der Waals surface area contributed by atoms with Gasteiger partial charge >= 0.3 is 0 Å². The molecule has 2 N–H and O–H groups in total. The highest BCUT2D eigenvalue weighted by Crippen LogP contribution is 2.28. The number of carbonyl (C=O) groups is 1. The Morgan fingerprint density at radius 1 is 1.03 bits per heavy atom. The van der Waals surface area contributed by atoms with Crippen LogP contribution in [-0.4, -0.2) is 79.9 Å². The predicted octanol–water partition coefficient (Wildman–Crippen LogP) is 0.324. The number of aromatic nitrogens is 6. The lowest BCUT2D eigenvalue weighted by Gasteiger charge is -2.27. The molecule has 11 heteroatoms. The molecule has 1 amide bonds. The first-order valence-electron chi connectivity index (χ1n) is 10.1. The summed E-state index contributed by atoms with van der Waals surface area (Å²) in [5.74, 6) is 0.832. The van der Waals surface area contributed by atoms with Gasteiger partial charge in [-0.15, -0.1) is 0 Å². The number of amides is 1. The summed E-state index contributed by atoms with van der Waals surface area (Å²) >= 11 is 0. The molecule has 0 saturated carbocycles. The Balaban J connectivity index is 1.58. The Bertz CT molecular complexity index is 1050. The van der Waals surface area contributed by atoms with Gasteiger partial charge in [-0.25, -0.2) is 19.6 Å². The van der Waals surface area contributed by atoms with Gasteiger partial charge in [-0.2, -0.15) is 10.1 Å². The molecule has 0 spiro atoms. The lowest BCUT2D eigenvalue weighted by molar-refractivity contribution is -0.130. The zero-order valence-electron chi connectivity index (χ0n) is 16.6. The molecular formula is C19H23N9O2. The summed E-state index contributed by atoms with van der Waals surface area (Å²) in [5, 5.41) is 5.20. The molecule has 5 rings (SSSR count). The van der Waals surface area contributed by atoms with E-state index in [0.717, 1.165) is 36.9 Å². The summed E-state index contributed by atoms with van der Waals surface area (Å²) in [6.07, 6.45) is 7.08. The Morgan fingerprint density at radius 2 is 1.77 bits per heavy atom. The zero-order chi connectivity index (χ0) is 20.5. The number of nitrogens with zero attached hydrogens (tertiary/aromatic N) is 8. The molecule has 3 aromatic heterocycles. The van der Waals surface area contributed by atoms with Gasteiger partial charge in [-0.1, -0.05) is 0 Å². The van der Waals surface area contributed by atoms with Crippen molar-refractivity contribution in [2.75, 3.05) is 50.0 Å². The third-order valence-corrected chi connectivity index (χ3v) is 5.47. The van der Waals surface area contributed by atoms with Gasteiger partial charge in [0.1, 0.15) is 6.54 Å². The Hall–Kier alpha value is -3.34. The van der Waals surface area contributed by atoms with Crippen LogP contribution in [-0.2, 0) is 16.1 Å². The summed E-state index contributed by atoms with van der Waals surface area (Å²) in [7, 11) is 0. The van der Waals surface area contributed by atoms with Crippen molar-refractivity contribution in [1.82, 2.24) is 34.6 Å². The molecule has 2 aliphatic heterocycles. The van der Waals surface area contributed by atoms with Crippen LogP contribution < -0.4 is 10.6 Å². The van der Waals surface area contributed by atoms with Crippen molar-refractivity contribution < 1.29 is 9.53 Å². The first-order valence-corrected chi connectivity index (χ1v) is 10.1. The molecule has 0 unspecified atom stereocenters. The second-order valence-electron chi connectivity index (χ2n) is 7.43. The Morgan fingerprint density at radius 3 is 2.50 bits per heavy atom. The van der Waals surface area contributed by atoms with E-state index >= 15 is 0 Å². The molecule has 3 aromatic rings. The largest absolute Gasteiger partial charge is 0.378 e. The number of ether oxygens (including phenoxy) is 1. The van der Waals surface area contributed by atoms with Crippen LogP contribution in [0.3, 0.4) is 0 Å². The lowest BCUT2D eigenvalue weighted by Crippen LogP contribution is -2.37. The molecule has 2 fully saturated rings. The molecule has 11 nitrogen and oxygen atoms in total. The van der Waals surface area contributed by atoms with Crippen LogP contribution in [0.4, 0.5) is 11.9 Å². The molecule has 30 heavy (non-hydrogen) atoms. The molecule has 2 saturated heterocycles. The first kappa shape index (κ1) is 18.7. The number of anilines is 2. The van der Waals surface area contributed by atoms with Gasteiger partial charge in [0.2, 0.25) is 17.8 Å². The standard InChI is InChI=1S/C19H23N9O2/c20-18-21-9-13(10-22-18)16-14-11-23-28(12-15(29)26-3-1-2-4-26)17(14)25-19(24-16)27-5-7-30-8-6-27/h9-11H,1-8,12H2,(H2,20,21,22). The van der Waals surface area contributed by atoms with E-state index in [1.54, 1.807) is 23.3 Å². The molecule has 0 bridgehead atoms. The third-order valence-electron chi connectivity index (χ3n) is 5.47. The summed E-state index contributed by atoms with van der Waals surface area (Å²) in [4.78, 5) is 34.4. The van der Waals surface area contributed by atoms with E-state index in [9.17, 15) is 4.79 Å². The van der Waals surface area contributed by atoms with E-state index in [1.165, 1.54) is 0 Å². The Labute approximate surface area is 172 Å².